The number of carbonyl (C=O) groups is 1. The largest absolute Gasteiger partial charge is 0.507 e. The molecule has 0 aromatic heterocycles. The fraction of sp³-hybridized carbons (Fsp3) is 0.318. The molecule has 5 heteroatoms. The van der Waals surface area contributed by atoms with Gasteiger partial charge in [-0.05, 0) is 54.6 Å². The Morgan fingerprint density at radius 3 is 2.41 bits per heavy atom. The molecule has 5 nitrogen and oxygen atoms in total. The van der Waals surface area contributed by atoms with Crippen molar-refractivity contribution in [3.05, 3.63) is 65.2 Å². The number of hydrogen-bond donors (Lipinski definition) is 3. The maximum Gasteiger partial charge on any atom is 0.248 e. The second-order valence-electron chi connectivity index (χ2n) is 6.57. The molecule has 0 radical (unpaired) electrons. The number of benzene rings is 2. The molecule has 2 heterocycles. The molecule has 2 aliphatic rings. The molecule has 2 aromatic carbocycles. The fourth-order valence-corrected chi connectivity index (χ4v) is 3.60. The van der Waals surface area contributed by atoms with Crippen LogP contribution in [-0.4, -0.2) is 29.7 Å². The highest BCUT2D eigenvalue weighted by molar-refractivity contribution is 5.94. The van der Waals surface area contributed by atoms with Gasteiger partial charge in [0.15, 0.2) is 0 Å². The number of rotatable bonds is 2. The lowest BCUT2D eigenvalue weighted by Crippen LogP contribution is -2.46. The quantitative estimate of drug-likeness (QED) is 0.760. The summed E-state index contributed by atoms with van der Waals surface area (Å²) >= 11 is 0. The van der Waals surface area contributed by atoms with Gasteiger partial charge in [-0.25, -0.2) is 0 Å². The molecule has 0 aliphatic carbocycles. The number of fused-ring (bicyclic) bond motifs is 1. The van der Waals surface area contributed by atoms with Crippen LogP contribution in [0.4, 0.5) is 0 Å². The zero-order valence-electron chi connectivity index (χ0n) is 15.8. The maximum atomic E-state index is 11.3. The Labute approximate surface area is 159 Å². The SMILES string of the molecule is CC.NC(=O)c1ccc(C2=CC3(CCNCC3)Oc3cccc(O)c32)cc1. The average molecular weight is 366 g/mol. The van der Waals surface area contributed by atoms with E-state index in [0.717, 1.165) is 37.1 Å². The van der Waals surface area contributed by atoms with Gasteiger partial charge in [0.2, 0.25) is 5.91 Å². The molecule has 4 rings (SSSR count). The van der Waals surface area contributed by atoms with Crippen molar-refractivity contribution in [2.45, 2.75) is 32.3 Å². The molecular weight excluding hydrogens is 340 g/mol. The van der Waals surface area contributed by atoms with Gasteiger partial charge in [-0.15, -0.1) is 0 Å². The van der Waals surface area contributed by atoms with Crippen LogP contribution >= 0.6 is 0 Å². The average Bonchev–Trinajstić information content (AvgIpc) is 2.69. The summed E-state index contributed by atoms with van der Waals surface area (Å²) in [4.78, 5) is 11.3. The standard InChI is InChI=1S/C20H20N2O3.C2H6/c21-19(24)14-6-4-13(5-7-14)15-12-20(8-10-22-11-9-20)25-17-3-1-2-16(23)18(15)17;1-2/h1-7,12,22-23H,8-11H2,(H2,21,24);1-2H3. The van der Waals surface area contributed by atoms with Gasteiger partial charge in [0.25, 0.3) is 0 Å². The zero-order valence-corrected chi connectivity index (χ0v) is 15.8. The summed E-state index contributed by atoms with van der Waals surface area (Å²) in [5.74, 6) is 0.426. The Hall–Kier alpha value is -2.79. The number of aromatic hydroxyl groups is 1. The third-order valence-corrected chi connectivity index (χ3v) is 4.92. The van der Waals surface area contributed by atoms with E-state index in [1.807, 2.05) is 32.0 Å². The van der Waals surface area contributed by atoms with Gasteiger partial charge in [0, 0.05) is 18.4 Å². The van der Waals surface area contributed by atoms with Gasteiger partial charge >= 0.3 is 0 Å². The minimum absolute atomic E-state index is 0.187. The lowest BCUT2D eigenvalue weighted by Gasteiger charge is -2.40. The molecule has 27 heavy (non-hydrogen) atoms. The molecule has 0 saturated carbocycles. The number of amides is 1. The van der Waals surface area contributed by atoms with E-state index in [1.54, 1.807) is 24.3 Å². The van der Waals surface area contributed by atoms with Gasteiger partial charge in [0.1, 0.15) is 17.1 Å². The molecule has 1 saturated heterocycles. The van der Waals surface area contributed by atoms with E-state index in [1.165, 1.54) is 0 Å². The number of carbonyl (C=O) groups excluding carboxylic acids is 1. The van der Waals surface area contributed by atoms with E-state index in [9.17, 15) is 9.90 Å². The second kappa shape index (κ2) is 7.84. The summed E-state index contributed by atoms with van der Waals surface area (Å²) in [6.07, 6.45) is 3.85. The summed E-state index contributed by atoms with van der Waals surface area (Å²) in [6.45, 7) is 5.77. The Kier molecular flexibility index (Phi) is 5.51. The van der Waals surface area contributed by atoms with Crippen LogP contribution in [0.3, 0.4) is 0 Å². The molecule has 2 aliphatic heterocycles. The van der Waals surface area contributed by atoms with E-state index < -0.39 is 5.91 Å². The molecule has 0 atom stereocenters. The Bertz CT molecular complexity index is 850. The van der Waals surface area contributed by atoms with Crippen LogP contribution < -0.4 is 15.8 Å². The monoisotopic (exact) mass is 366 g/mol. The highest BCUT2D eigenvalue weighted by atomic mass is 16.5. The lowest BCUT2D eigenvalue weighted by atomic mass is 9.83. The van der Waals surface area contributed by atoms with Crippen LogP contribution in [-0.2, 0) is 0 Å². The topological polar surface area (TPSA) is 84.6 Å². The minimum atomic E-state index is -0.453. The van der Waals surface area contributed by atoms with Gasteiger partial charge in [-0.1, -0.05) is 32.0 Å². The number of piperidine rings is 1. The fourth-order valence-electron chi connectivity index (χ4n) is 3.60. The van der Waals surface area contributed by atoms with Gasteiger partial charge in [-0.3, -0.25) is 4.79 Å². The van der Waals surface area contributed by atoms with Gasteiger partial charge < -0.3 is 20.9 Å². The molecular formula is C22H26N2O3. The molecule has 1 amide bonds. The van der Waals surface area contributed by atoms with Crippen LogP contribution in [0.25, 0.3) is 5.57 Å². The van der Waals surface area contributed by atoms with Crippen molar-refractivity contribution in [2.24, 2.45) is 5.73 Å². The first-order chi connectivity index (χ1) is 13.1. The second-order valence-corrected chi connectivity index (χ2v) is 6.57. The van der Waals surface area contributed by atoms with Crippen molar-refractivity contribution in [3.8, 4) is 11.5 Å². The molecule has 4 N–H and O–H groups in total. The Balaban J connectivity index is 0.00000102. The molecule has 1 spiro atoms. The van der Waals surface area contributed by atoms with Crippen molar-refractivity contribution in [1.29, 1.82) is 0 Å². The van der Waals surface area contributed by atoms with Crippen molar-refractivity contribution in [2.75, 3.05) is 13.1 Å². The van der Waals surface area contributed by atoms with Crippen LogP contribution in [0.2, 0.25) is 0 Å². The Morgan fingerprint density at radius 2 is 1.78 bits per heavy atom. The van der Waals surface area contributed by atoms with Crippen molar-refractivity contribution >= 4 is 11.5 Å². The van der Waals surface area contributed by atoms with Gasteiger partial charge in [0.05, 0.1) is 5.56 Å². The van der Waals surface area contributed by atoms with Crippen molar-refractivity contribution in [3.63, 3.8) is 0 Å². The normalized spacial score (nSPS) is 17.0. The van der Waals surface area contributed by atoms with E-state index >= 15 is 0 Å². The number of ether oxygens (including phenoxy) is 1. The number of primary amides is 1. The lowest BCUT2D eigenvalue weighted by molar-refractivity contribution is 0.0813. The molecule has 142 valence electrons. The number of nitrogens with one attached hydrogen (secondary N) is 1. The summed E-state index contributed by atoms with van der Waals surface area (Å²) < 4.78 is 6.30. The first kappa shape index (κ1) is 19.0. The number of nitrogens with two attached hydrogens (primary N) is 1. The van der Waals surface area contributed by atoms with Crippen LogP contribution in [0.5, 0.6) is 11.5 Å². The van der Waals surface area contributed by atoms with Crippen LogP contribution in [0.15, 0.2) is 48.5 Å². The van der Waals surface area contributed by atoms with Crippen molar-refractivity contribution in [1.82, 2.24) is 5.32 Å². The van der Waals surface area contributed by atoms with Crippen molar-refractivity contribution < 1.29 is 14.6 Å². The summed E-state index contributed by atoms with van der Waals surface area (Å²) in [6, 6.07) is 12.5. The summed E-state index contributed by atoms with van der Waals surface area (Å²) in [5.41, 5.74) is 7.97. The summed E-state index contributed by atoms with van der Waals surface area (Å²) in [5, 5.41) is 13.8. The molecule has 0 bridgehead atoms. The number of hydrogen-bond acceptors (Lipinski definition) is 4. The van der Waals surface area contributed by atoms with E-state index in [2.05, 4.69) is 11.4 Å². The number of phenolic OH excluding ortho intramolecular Hbond substituents is 1. The van der Waals surface area contributed by atoms with Crippen LogP contribution in [0.1, 0.15) is 48.2 Å². The predicted octanol–water partition coefficient (Wildman–Crippen LogP) is 3.46. The Morgan fingerprint density at radius 1 is 1.11 bits per heavy atom. The number of phenols is 1. The highest BCUT2D eigenvalue weighted by Crippen LogP contribution is 2.46. The van der Waals surface area contributed by atoms with E-state index in [-0.39, 0.29) is 11.4 Å². The van der Waals surface area contributed by atoms with Gasteiger partial charge in [-0.2, -0.15) is 0 Å². The smallest absolute Gasteiger partial charge is 0.248 e. The maximum absolute atomic E-state index is 11.3. The zero-order chi connectivity index (χ0) is 19.4. The minimum Gasteiger partial charge on any atom is -0.507 e. The molecule has 1 fully saturated rings. The first-order valence-corrected chi connectivity index (χ1v) is 9.43. The van der Waals surface area contributed by atoms with E-state index in [4.69, 9.17) is 10.5 Å². The van der Waals surface area contributed by atoms with E-state index in [0.29, 0.717) is 16.9 Å². The molecule has 0 unspecified atom stereocenters. The third kappa shape index (κ3) is 3.69. The third-order valence-electron chi connectivity index (χ3n) is 4.92. The molecule has 2 aromatic rings. The summed E-state index contributed by atoms with van der Waals surface area (Å²) in [7, 11) is 0. The van der Waals surface area contributed by atoms with Crippen LogP contribution in [0, 0.1) is 0 Å². The highest BCUT2D eigenvalue weighted by Gasteiger charge is 2.37. The predicted molar refractivity (Wildman–Crippen MR) is 107 cm³/mol. The first-order valence-electron chi connectivity index (χ1n) is 9.43.